The number of nitrogens with zero attached hydrogens (tertiary/aromatic N) is 4. The van der Waals surface area contributed by atoms with Crippen LogP contribution in [-0.2, 0) is 20.7 Å². The Morgan fingerprint density at radius 2 is 0.931 bits per heavy atom. The Morgan fingerprint density at radius 3 is 1.28 bits per heavy atom. The third-order valence-corrected chi connectivity index (χ3v) is 14.4. The lowest BCUT2D eigenvalue weighted by Gasteiger charge is -2.36. The third-order valence-electron chi connectivity index (χ3n) is 13.4. The van der Waals surface area contributed by atoms with Crippen molar-refractivity contribution >= 4 is 66.6 Å². The summed E-state index contributed by atoms with van der Waals surface area (Å²) < 4.78 is 1.69. The summed E-state index contributed by atoms with van der Waals surface area (Å²) in [5, 5.41) is 0. The molecule has 0 aliphatic carbocycles. The van der Waals surface area contributed by atoms with Gasteiger partial charge in [0, 0.05) is 80.6 Å². The van der Waals surface area contributed by atoms with Gasteiger partial charge in [0.1, 0.15) is 11.1 Å². The molecule has 8 nitrogen and oxygen atoms in total. The van der Waals surface area contributed by atoms with Crippen LogP contribution in [0.1, 0.15) is 68.7 Å². The lowest BCUT2D eigenvalue weighted by atomic mass is 9.69. The van der Waals surface area contributed by atoms with Gasteiger partial charge in [0.05, 0.1) is 11.8 Å². The molecule has 0 radical (unpaired) electrons. The number of hydrogen-bond acceptors (Lipinski definition) is 6. The van der Waals surface area contributed by atoms with Gasteiger partial charge >= 0.3 is 0 Å². The molecule has 2 fully saturated rings. The Labute approximate surface area is 356 Å². The van der Waals surface area contributed by atoms with Gasteiger partial charge in [-0.1, -0.05) is 117 Å². The highest BCUT2D eigenvalue weighted by Crippen LogP contribution is 2.60. The van der Waals surface area contributed by atoms with Gasteiger partial charge in [0.15, 0.2) is 11.6 Å². The summed E-state index contributed by atoms with van der Waals surface area (Å²) in [5.74, 6) is -2.41. The van der Waals surface area contributed by atoms with Crippen LogP contribution in [0, 0.1) is 11.8 Å². The van der Waals surface area contributed by atoms with Gasteiger partial charge in [-0.05, 0) is 75.5 Å². The number of carbonyl (C=O) groups excluding carboxylic acids is 4. The summed E-state index contributed by atoms with van der Waals surface area (Å²) >= 11 is 7.34. The average Bonchev–Trinajstić information content (AvgIpc) is 3.89. The molecular weight excluding hydrogens is 856 g/mol. The van der Waals surface area contributed by atoms with E-state index in [1.165, 1.54) is 0 Å². The first kappa shape index (κ1) is 38.8. The Balaban J connectivity index is 1.16. The maximum absolute atomic E-state index is 15.0. The number of amides is 2. The summed E-state index contributed by atoms with van der Waals surface area (Å²) in [4.78, 5) is 67.6. The zero-order chi connectivity index (χ0) is 40.7. The molecule has 10 heteroatoms. The molecule has 0 saturated carbocycles. The highest BCUT2D eigenvalue weighted by Gasteiger charge is 2.67. The van der Waals surface area contributed by atoms with E-state index in [2.05, 4.69) is 65.9 Å². The minimum atomic E-state index is -1.21. The Hall–Kier alpha value is -4.74. The monoisotopic (exact) mass is 898 g/mol. The van der Waals surface area contributed by atoms with Gasteiger partial charge < -0.3 is 9.80 Å². The molecule has 2 spiro atoms. The number of rotatable bonds is 8. The number of anilines is 2. The lowest BCUT2D eigenvalue weighted by molar-refractivity contribution is -0.129. The van der Waals surface area contributed by atoms with Crippen molar-refractivity contribution in [3.8, 4) is 0 Å². The molecule has 4 aliphatic heterocycles. The zero-order valence-electron chi connectivity index (χ0n) is 32.9. The highest BCUT2D eigenvalue weighted by molar-refractivity contribution is 9.10. The number of Topliss-reactive ketones (excluding diaryl/α,β-unsaturated/α-hetero) is 2. The molecule has 4 aliphatic rings. The number of carbonyl (C=O) groups is 4. The summed E-state index contributed by atoms with van der Waals surface area (Å²) in [7, 11) is 3.92. The van der Waals surface area contributed by atoms with Crippen molar-refractivity contribution in [2.75, 3.05) is 50.1 Å². The SMILES string of the molecule is CCN1C(=O)C2(c3cc(Br)ccc31)C(C(=O)c1ccccc1)C(c1ccc(C3CN(C)C4(C(=O)N(CC)c5ccc(Br)cc54)C3C(=O)c3ccccc3)cc1)CN2C. The average molecular weight is 901 g/mol. The van der Waals surface area contributed by atoms with Crippen LogP contribution >= 0.6 is 31.9 Å². The molecular formula is C48H44Br2N4O4. The van der Waals surface area contributed by atoms with Crippen LogP contribution in [-0.4, -0.2) is 73.5 Å². The largest absolute Gasteiger partial charge is 0.310 e. The number of hydrogen-bond donors (Lipinski definition) is 0. The van der Waals surface area contributed by atoms with Gasteiger partial charge in [-0.2, -0.15) is 0 Å². The maximum atomic E-state index is 15.0. The number of halogens is 2. The van der Waals surface area contributed by atoms with E-state index in [9.17, 15) is 19.2 Å². The van der Waals surface area contributed by atoms with Crippen LogP contribution < -0.4 is 9.80 Å². The normalized spacial score (nSPS) is 26.6. The molecule has 0 bridgehead atoms. The molecule has 5 aromatic carbocycles. The first-order valence-electron chi connectivity index (χ1n) is 19.9. The van der Waals surface area contributed by atoms with Gasteiger partial charge in [0.2, 0.25) is 0 Å². The Morgan fingerprint density at radius 1 is 0.569 bits per heavy atom. The van der Waals surface area contributed by atoms with E-state index in [0.717, 1.165) is 42.6 Å². The van der Waals surface area contributed by atoms with Crippen molar-refractivity contribution in [3.63, 3.8) is 0 Å². The van der Waals surface area contributed by atoms with Crippen molar-refractivity contribution in [1.29, 1.82) is 0 Å². The maximum Gasteiger partial charge on any atom is 0.252 e. The number of fused-ring (bicyclic) bond motifs is 4. The van der Waals surface area contributed by atoms with Crippen molar-refractivity contribution < 1.29 is 19.2 Å². The van der Waals surface area contributed by atoms with E-state index in [1.54, 1.807) is 0 Å². The summed E-state index contributed by atoms with van der Waals surface area (Å²) in [6.07, 6.45) is 0. The first-order chi connectivity index (χ1) is 28.0. The second-order valence-electron chi connectivity index (χ2n) is 16.0. The van der Waals surface area contributed by atoms with Crippen molar-refractivity contribution in [3.05, 3.63) is 164 Å². The molecule has 6 unspecified atom stereocenters. The molecule has 0 aromatic heterocycles. The molecule has 294 valence electrons. The van der Waals surface area contributed by atoms with Crippen LogP contribution in [0.4, 0.5) is 11.4 Å². The predicted octanol–water partition coefficient (Wildman–Crippen LogP) is 8.79. The molecule has 5 aromatic rings. The fraction of sp³-hybridized carbons (Fsp3) is 0.292. The standard InChI is InChI=1S/C48H44Br2N4O4/c1-5-53-39-23-21-33(49)25-37(39)47(45(53)57)41(43(55)31-13-9-7-10-14-31)35(27-51(47)3)29-17-19-30(20-18-29)36-28-52(4)48(42(36)44(56)32-15-11-8-12-16-32)38-26-34(50)22-24-40(38)54(6-2)46(48)58/h7-26,35-36,41-42H,5-6,27-28H2,1-4H3. The number of likely N-dealkylation sites (N-methyl/N-ethyl adjacent to an activating group) is 4. The van der Waals surface area contributed by atoms with Gasteiger partial charge in [-0.25, -0.2) is 0 Å². The smallest absolute Gasteiger partial charge is 0.252 e. The zero-order valence-corrected chi connectivity index (χ0v) is 36.0. The number of benzene rings is 5. The second kappa shape index (κ2) is 14.5. The van der Waals surface area contributed by atoms with Crippen LogP contribution in [0.25, 0.3) is 0 Å². The predicted molar refractivity (Wildman–Crippen MR) is 233 cm³/mol. The highest BCUT2D eigenvalue weighted by atomic mass is 79.9. The molecule has 2 amide bonds. The van der Waals surface area contributed by atoms with Crippen molar-refractivity contribution in [1.82, 2.24) is 9.80 Å². The molecule has 0 N–H and O–H groups in total. The number of likely N-dealkylation sites (tertiary alicyclic amines) is 2. The van der Waals surface area contributed by atoms with Crippen LogP contribution in [0.15, 0.2) is 130 Å². The van der Waals surface area contributed by atoms with E-state index in [0.29, 0.717) is 37.3 Å². The van der Waals surface area contributed by atoms with Crippen LogP contribution in [0.2, 0.25) is 0 Å². The van der Waals surface area contributed by atoms with Crippen LogP contribution in [0.3, 0.4) is 0 Å². The molecule has 2 saturated heterocycles. The van der Waals surface area contributed by atoms with E-state index >= 15 is 0 Å². The fourth-order valence-corrected chi connectivity index (χ4v) is 11.7. The topological polar surface area (TPSA) is 81.2 Å². The van der Waals surface area contributed by atoms with E-state index in [1.807, 2.05) is 135 Å². The van der Waals surface area contributed by atoms with E-state index in [-0.39, 0.29) is 35.2 Å². The molecule has 58 heavy (non-hydrogen) atoms. The Kier molecular flexibility index (Phi) is 9.70. The summed E-state index contributed by atoms with van der Waals surface area (Å²) in [6, 6.07) is 38.8. The second-order valence-corrected chi connectivity index (χ2v) is 17.8. The Bertz CT molecular complexity index is 2310. The summed E-state index contributed by atoms with van der Waals surface area (Å²) in [5.41, 5.74) is 3.92. The lowest BCUT2D eigenvalue weighted by Crippen LogP contribution is -2.53. The number of ketones is 2. The van der Waals surface area contributed by atoms with E-state index < -0.39 is 22.9 Å². The third kappa shape index (κ3) is 5.37. The quantitative estimate of drug-likeness (QED) is 0.145. The molecule has 6 atom stereocenters. The molecule has 4 heterocycles. The van der Waals surface area contributed by atoms with Gasteiger partial charge in [0.25, 0.3) is 11.8 Å². The fourth-order valence-electron chi connectivity index (χ4n) is 11.0. The minimum Gasteiger partial charge on any atom is -0.310 e. The summed E-state index contributed by atoms with van der Waals surface area (Å²) in [6.45, 7) is 5.87. The van der Waals surface area contributed by atoms with E-state index in [4.69, 9.17) is 0 Å². The molecule has 9 rings (SSSR count). The minimum absolute atomic E-state index is 0.0748. The van der Waals surface area contributed by atoms with Gasteiger partial charge in [-0.3, -0.25) is 29.0 Å². The van der Waals surface area contributed by atoms with Crippen LogP contribution in [0.5, 0.6) is 0 Å². The van der Waals surface area contributed by atoms with Gasteiger partial charge in [-0.15, -0.1) is 0 Å². The first-order valence-corrected chi connectivity index (χ1v) is 21.5. The van der Waals surface area contributed by atoms with Crippen molar-refractivity contribution in [2.45, 2.75) is 36.8 Å². The van der Waals surface area contributed by atoms with Crippen molar-refractivity contribution in [2.24, 2.45) is 11.8 Å².